The van der Waals surface area contributed by atoms with Gasteiger partial charge < -0.3 is 15.5 Å². The fourth-order valence-electron chi connectivity index (χ4n) is 3.21. The van der Waals surface area contributed by atoms with Gasteiger partial charge in [0, 0.05) is 17.6 Å². The molecular weight excluding hydrogens is 252 g/mol. The number of rotatable bonds is 5. The summed E-state index contributed by atoms with van der Waals surface area (Å²) in [5.41, 5.74) is 0.821. The summed E-state index contributed by atoms with van der Waals surface area (Å²) >= 11 is 0. The van der Waals surface area contributed by atoms with Gasteiger partial charge in [0.05, 0.1) is 0 Å². The van der Waals surface area contributed by atoms with Crippen LogP contribution in [0.3, 0.4) is 0 Å². The van der Waals surface area contributed by atoms with Gasteiger partial charge in [-0.2, -0.15) is 0 Å². The van der Waals surface area contributed by atoms with Crippen LogP contribution >= 0.6 is 0 Å². The fourth-order valence-corrected chi connectivity index (χ4v) is 3.21. The lowest BCUT2D eigenvalue weighted by Gasteiger charge is -2.40. The van der Waals surface area contributed by atoms with E-state index in [1.165, 1.54) is 25.3 Å². The van der Waals surface area contributed by atoms with E-state index in [1.807, 2.05) is 7.05 Å². The van der Waals surface area contributed by atoms with Gasteiger partial charge in [-0.3, -0.25) is 4.90 Å². The quantitative estimate of drug-likeness (QED) is 0.725. The third-order valence-corrected chi connectivity index (χ3v) is 4.36. The van der Waals surface area contributed by atoms with Crippen LogP contribution in [0, 0.1) is 0 Å². The largest absolute Gasteiger partial charge is 0.508 e. The Kier molecular flexibility index (Phi) is 5.26. The molecule has 0 aromatic heterocycles. The summed E-state index contributed by atoms with van der Waals surface area (Å²) < 4.78 is 0. The maximum Gasteiger partial charge on any atom is 0.120 e. The average molecular weight is 278 g/mol. The van der Waals surface area contributed by atoms with Crippen LogP contribution in [0.25, 0.3) is 0 Å². The van der Waals surface area contributed by atoms with Crippen LogP contribution in [0.1, 0.15) is 44.2 Å². The van der Waals surface area contributed by atoms with Crippen molar-refractivity contribution in [2.24, 2.45) is 0 Å². The Labute approximate surface area is 121 Å². The summed E-state index contributed by atoms with van der Waals surface area (Å²) in [4.78, 5) is 2.47. The Morgan fingerprint density at radius 2 is 2.15 bits per heavy atom. The minimum atomic E-state index is 0.129. The number of benzene rings is 1. The van der Waals surface area contributed by atoms with E-state index in [-0.39, 0.29) is 17.5 Å². The average Bonchev–Trinajstić information content (AvgIpc) is 2.47. The zero-order valence-corrected chi connectivity index (χ0v) is 12.5. The number of piperidine rings is 1. The Hall–Kier alpha value is -1.26. The molecule has 2 atom stereocenters. The molecule has 0 radical (unpaired) electrons. The van der Waals surface area contributed by atoms with Gasteiger partial charge in [0.15, 0.2) is 0 Å². The zero-order chi connectivity index (χ0) is 14.5. The van der Waals surface area contributed by atoms with Crippen LogP contribution < -0.4 is 5.32 Å². The molecular formula is C16H26N2O2. The smallest absolute Gasteiger partial charge is 0.120 e. The molecule has 1 aliphatic heterocycles. The molecule has 3 N–H and O–H groups in total. The molecule has 4 nitrogen and oxygen atoms in total. The van der Waals surface area contributed by atoms with Gasteiger partial charge in [0.2, 0.25) is 0 Å². The van der Waals surface area contributed by atoms with E-state index in [9.17, 15) is 10.2 Å². The van der Waals surface area contributed by atoms with Crippen molar-refractivity contribution in [1.82, 2.24) is 10.2 Å². The van der Waals surface area contributed by atoms with Gasteiger partial charge in [-0.25, -0.2) is 0 Å². The van der Waals surface area contributed by atoms with Gasteiger partial charge in [-0.15, -0.1) is 0 Å². The number of nitrogens with one attached hydrogen (secondary N) is 1. The second kappa shape index (κ2) is 6.95. The van der Waals surface area contributed by atoms with Crippen molar-refractivity contribution in [3.63, 3.8) is 0 Å². The van der Waals surface area contributed by atoms with E-state index >= 15 is 0 Å². The molecule has 1 aromatic carbocycles. The van der Waals surface area contributed by atoms with Crippen molar-refractivity contribution in [3.05, 3.63) is 23.8 Å². The van der Waals surface area contributed by atoms with Gasteiger partial charge in [-0.1, -0.05) is 6.42 Å². The molecule has 1 aromatic rings. The van der Waals surface area contributed by atoms with E-state index in [0.29, 0.717) is 6.04 Å². The normalized spacial score (nSPS) is 21.8. The molecule has 1 aliphatic rings. The maximum absolute atomic E-state index is 10.0. The highest BCUT2D eigenvalue weighted by Gasteiger charge is 2.28. The third kappa shape index (κ3) is 3.44. The van der Waals surface area contributed by atoms with Gasteiger partial charge in [0.1, 0.15) is 11.5 Å². The highest BCUT2D eigenvalue weighted by Crippen LogP contribution is 2.35. The van der Waals surface area contributed by atoms with E-state index in [2.05, 4.69) is 17.1 Å². The first-order valence-electron chi connectivity index (χ1n) is 7.55. The van der Waals surface area contributed by atoms with E-state index in [0.717, 1.165) is 25.1 Å². The number of nitrogens with zero attached hydrogens (tertiary/aromatic N) is 1. The summed E-state index contributed by atoms with van der Waals surface area (Å²) in [6.07, 6.45) is 4.83. The molecule has 2 rings (SSSR count). The van der Waals surface area contributed by atoms with E-state index in [1.54, 1.807) is 12.1 Å². The van der Waals surface area contributed by atoms with Crippen LogP contribution in [-0.2, 0) is 0 Å². The van der Waals surface area contributed by atoms with Crippen molar-refractivity contribution < 1.29 is 10.2 Å². The molecule has 4 heteroatoms. The molecule has 20 heavy (non-hydrogen) atoms. The van der Waals surface area contributed by atoms with Crippen LogP contribution in [0.2, 0.25) is 0 Å². The molecule has 1 saturated heterocycles. The Balaban J connectivity index is 2.16. The van der Waals surface area contributed by atoms with E-state index < -0.39 is 0 Å². The predicted octanol–water partition coefficient (Wildman–Crippen LogP) is 2.62. The molecule has 0 amide bonds. The van der Waals surface area contributed by atoms with Crippen LogP contribution in [0.4, 0.5) is 0 Å². The summed E-state index contributed by atoms with van der Waals surface area (Å²) in [6, 6.07) is 5.47. The molecule has 0 spiro atoms. The Morgan fingerprint density at radius 1 is 1.35 bits per heavy atom. The predicted molar refractivity (Wildman–Crippen MR) is 81.1 cm³/mol. The van der Waals surface area contributed by atoms with Crippen LogP contribution in [-0.4, -0.2) is 41.3 Å². The number of aromatic hydroxyl groups is 2. The summed E-state index contributed by atoms with van der Waals surface area (Å²) in [5.74, 6) is 0.488. The van der Waals surface area contributed by atoms with Crippen molar-refractivity contribution >= 4 is 0 Å². The first kappa shape index (κ1) is 15.1. The molecule has 1 fully saturated rings. The van der Waals surface area contributed by atoms with Crippen molar-refractivity contribution in [2.45, 2.75) is 44.7 Å². The summed E-state index contributed by atoms with van der Waals surface area (Å²) in [7, 11) is 1.98. The summed E-state index contributed by atoms with van der Waals surface area (Å²) in [6.45, 7) is 4.19. The van der Waals surface area contributed by atoms with Gasteiger partial charge in [0.25, 0.3) is 0 Å². The fraction of sp³-hybridized carbons (Fsp3) is 0.625. The second-order valence-electron chi connectivity index (χ2n) is 5.70. The number of hydrogen-bond acceptors (Lipinski definition) is 4. The van der Waals surface area contributed by atoms with Crippen molar-refractivity contribution in [2.75, 3.05) is 20.1 Å². The lowest BCUT2D eigenvalue weighted by Crippen LogP contribution is -2.42. The van der Waals surface area contributed by atoms with Gasteiger partial charge >= 0.3 is 0 Å². The lowest BCUT2D eigenvalue weighted by molar-refractivity contribution is 0.0957. The lowest BCUT2D eigenvalue weighted by atomic mass is 9.94. The number of hydrogen-bond donors (Lipinski definition) is 3. The molecule has 0 bridgehead atoms. The second-order valence-corrected chi connectivity index (χ2v) is 5.70. The first-order chi connectivity index (χ1) is 9.63. The van der Waals surface area contributed by atoms with Gasteiger partial charge in [-0.05, 0) is 64.5 Å². The maximum atomic E-state index is 10.0. The molecule has 112 valence electrons. The van der Waals surface area contributed by atoms with Crippen LogP contribution in [0.15, 0.2) is 18.2 Å². The first-order valence-corrected chi connectivity index (χ1v) is 7.55. The number of phenols is 2. The minimum Gasteiger partial charge on any atom is -0.508 e. The Bertz CT molecular complexity index is 436. The highest BCUT2D eigenvalue weighted by atomic mass is 16.3. The molecule has 2 unspecified atom stereocenters. The Morgan fingerprint density at radius 3 is 2.90 bits per heavy atom. The molecule has 0 saturated carbocycles. The zero-order valence-electron chi connectivity index (χ0n) is 12.5. The summed E-state index contributed by atoms with van der Waals surface area (Å²) in [5, 5.41) is 22.9. The highest BCUT2D eigenvalue weighted by molar-refractivity contribution is 5.40. The van der Waals surface area contributed by atoms with E-state index in [4.69, 9.17) is 0 Å². The number of phenolic OH excluding ortho intramolecular Hbond substituents is 2. The van der Waals surface area contributed by atoms with Crippen molar-refractivity contribution in [3.8, 4) is 11.5 Å². The SMILES string of the molecule is CNCCC1CCCCN1C(C)c1cc(O)ccc1O. The molecule has 0 aliphatic carbocycles. The third-order valence-electron chi connectivity index (χ3n) is 4.36. The standard InChI is InChI=1S/C16H26N2O2/c1-12(15-11-14(19)6-7-16(15)20)18-10-4-3-5-13(18)8-9-17-2/h6-7,11-13,17,19-20H,3-5,8-10H2,1-2H3. The monoisotopic (exact) mass is 278 g/mol. The number of likely N-dealkylation sites (tertiary alicyclic amines) is 1. The van der Waals surface area contributed by atoms with Crippen molar-refractivity contribution in [1.29, 1.82) is 0 Å². The molecule has 1 heterocycles. The minimum absolute atomic E-state index is 0.129. The topological polar surface area (TPSA) is 55.7 Å². The van der Waals surface area contributed by atoms with Crippen LogP contribution in [0.5, 0.6) is 11.5 Å².